The van der Waals surface area contributed by atoms with Gasteiger partial charge in [-0.2, -0.15) is 0 Å². The van der Waals surface area contributed by atoms with E-state index in [1.165, 1.54) is 45.2 Å². The van der Waals surface area contributed by atoms with Crippen LogP contribution in [0.25, 0.3) is 0 Å². The second-order valence-corrected chi connectivity index (χ2v) is 7.41. The predicted molar refractivity (Wildman–Crippen MR) is 82.9 cm³/mol. The monoisotopic (exact) mass is 280 g/mol. The van der Waals surface area contributed by atoms with Crippen LogP contribution in [0.15, 0.2) is 0 Å². The highest BCUT2D eigenvalue weighted by Gasteiger charge is 2.39. The predicted octanol–water partition coefficient (Wildman–Crippen LogP) is 2.65. The van der Waals surface area contributed by atoms with E-state index < -0.39 is 0 Å². The van der Waals surface area contributed by atoms with Crippen LogP contribution >= 0.6 is 0 Å². The van der Waals surface area contributed by atoms with Crippen LogP contribution in [0, 0.1) is 11.8 Å². The molecule has 3 fully saturated rings. The fourth-order valence-corrected chi connectivity index (χ4v) is 3.99. The summed E-state index contributed by atoms with van der Waals surface area (Å²) in [5.74, 6) is 1.74. The van der Waals surface area contributed by atoms with E-state index in [1.54, 1.807) is 0 Å². The van der Waals surface area contributed by atoms with Crippen LogP contribution in [0.4, 0.5) is 0 Å². The summed E-state index contributed by atoms with van der Waals surface area (Å²) in [6, 6.07) is 1.45. The van der Waals surface area contributed by atoms with Gasteiger partial charge in [-0.3, -0.25) is 4.90 Å². The number of rotatable bonds is 5. The molecule has 5 atom stereocenters. The summed E-state index contributed by atoms with van der Waals surface area (Å²) in [4.78, 5) is 2.76. The van der Waals surface area contributed by atoms with Gasteiger partial charge in [-0.1, -0.05) is 20.3 Å². The maximum absolute atomic E-state index is 6.08. The van der Waals surface area contributed by atoms with Crippen LogP contribution < -0.4 is 5.32 Å². The molecule has 0 spiro atoms. The van der Waals surface area contributed by atoms with Crippen molar-refractivity contribution in [3.8, 4) is 0 Å². The highest BCUT2D eigenvalue weighted by Crippen LogP contribution is 2.35. The summed E-state index contributed by atoms with van der Waals surface area (Å²) in [6.45, 7) is 10.5. The zero-order valence-corrected chi connectivity index (χ0v) is 13.5. The van der Waals surface area contributed by atoms with Crippen molar-refractivity contribution in [1.29, 1.82) is 0 Å². The first-order valence-electron chi connectivity index (χ1n) is 8.80. The third-order valence-corrected chi connectivity index (χ3v) is 5.74. The molecule has 0 radical (unpaired) electrons. The molecule has 2 aliphatic heterocycles. The second-order valence-electron chi connectivity index (χ2n) is 7.41. The Morgan fingerprint density at radius 1 is 1.25 bits per heavy atom. The Kier molecular flexibility index (Phi) is 4.68. The first kappa shape index (κ1) is 14.8. The van der Waals surface area contributed by atoms with E-state index >= 15 is 0 Å². The van der Waals surface area contributed by atoms with Gasteiger partial charge in [-0.25, -0.2) is 0 Å². The standard InChI is InChI=1S/C17H32N2O/c1-4-12(2)17-9-18-16(14-6-7-14)11-19(17)10-15-8-5-13(3)20-15/h12-18H,4-11H2,1-3H3. The molecule has 5 unspecified atom stereocenters. The maximum Gasteiger partial charge on any atom is 0.0706 e. The normalized spacial score (nSPS) is 41.0. The van der Waals surface area contributed by atoms with E-state index in [9.17, 15) is 0 Å². The van der Waals surface area contributed by atoms with E-state index in [2.05, 4.69) is 31.0 Å². The highest BCUT2D eigenvalue weighted by molar-refractivity contribution is 4.96. The van der Waals surface area contributed by atoms with Crippen LogP contribution in [0.1, 0.15) is 52.9 Å². The molecule has 0 aromatic rings. The molecule has 0 amide bonds. The van der Waals surface area contributed by atoms with Crippen molar-refractivity contribution in [2.24, 2.45) is 11.8 Å². The Balaban J connectivity index is 1.60. The number of piperazine rings is 1. The summed E-state index contributed by atoms with van der Waals surface area (Å²) in [7, 11) is 0. The van der Waals surface area contributed by atoms with Crippen molar-refractivity contribution < 1.29 is 4.74 Å². The summed E-state index contributed by atoms with van der Waals surface area (Å²) >= 11 is 0. The molecule has 1 aliphatic carbocycles. The largest absolute Gasteiger partial charge is 0.374 e. The van der Waals surface area contributed by atoms with E-state index in [0.29, 0.717) is 18.2 Å². The average Bonchev–Trinajstić information content (AvgIpc) is 3.22. The minimum atomic E-state index is 0.476. The molecule has 0 aromatic carbocycles. The van der Waals surface area contributed by atoms with E-state index in [1.807, 2.05) is 0 Å². The molecule has 1 N–H and O–H groups in total. The zero-order chi connectivity index (χ0) is 14.1. The lowest BCUT2D eigenvalue weighted by Crippen LogP contribution is -2.60. The fourth-order valence-electron chi connectivity index (χ4n) is 3.99. The van der Waals surface area contributed by atoms with Crippen molar-refractivity contribution in [3.63, 3.8) is 0 Å². The minimum Gasteiger partial charge on any atom is -0.374 e. The lowest BCUT2D eigenvalue weighted by Gasteiger charge is -2.44. The Labute approximate surface area is 124 Å². The molecule has 1 saturated carbocycles. The van der Waals surface area contributed by atoms with Crippen molar-refractivity contribution in [2.45, 2.75) is 77.2 Å². The van der Waals surface area contributed by atoms with Crippen LogP contribution in [0.2, 0.25) is 0 Å². The molecule has 2 heterocycles. The average molecular weight is 280 g/mol. The first-order valence-corrected chi connectivity index (χ1v) is 8.80. The topological polar surface area (TPSA) is 24.5 Å². The van der Waals surface area contributed by atoms with Crippen molar-refractivity contribution in [1.82, 2.24) is 10.2 Å². The maximum atomic E-state index is 6.08. The van der Waals surface area contributed by atoms with Crippen LogP contribution in [-0.4, -0.2) is 48.8 Å². The Bertz CT molecular complexity index is 318. The van der Waals surface area contributed by atoms with Gasteiger partial charge in [0.1, 0.15) is 0 Å². The van der Waals surface area contributed by atoms with Gasteiger partial charge in [-0.05, 0) is 44.4 Å². The Morgan fingerprint density at radius 2 is 2.05 bits per heavy atom. The molecule has 0 aromatic heterocycles. The van der Waals surface area contributed by atoms with Gasteiger partial charge >= 0.3 is 0 Å². The van der Waals surface area contributed by atoms with Gasteiger partial charge in [0, 0.05) is 31.7 Å². The Hall–Kier alpha value is -0.120. The van der Waals surface area contributed by atoms with Crippen LogP contribution in [0.3, 0.4) is 0 Å². The smallest absolute Gasteiger partial charge is 0.0706 e. The molecular formula is C17H32N2O. The van der Waals surface area contributed by atoms with Crippen molar-refractivity contribution >= 4 is 0 Å². The van der Waals surface area contributed by atoms with Crippen molar-refractivity contribution in [2.75, 3.05) is 19.6 Å². The number of hydrogen-bond acceptors (Lipinski definition) is 3. The van der Waals surface area contributed by atoms with Gasteiger partial charge in [-0.15, -0.1) is 0 Å². The SMILES string of the molecule is CCC(C)C1CNC(C2CC2)CN1CC1CCC(C)O1. The molecule has 3 rings (SSSR count). The summed E-state index contributed by atoms with van der Waals surface area (Å²) in [5, 5.41) is 3.83. The van der Waals surface area contributed by atoms with E-state index in [0.717, 1.165) is 24.4 Å². The van der Waals surface area contributed by atoms with Gasteiger partial charge in [0.25, 0.3) is 0 Å². The minimum absolute atomic E-state index is 0.476. The Morgan fingerprint density at radius 3 is 2.65 bits per heavy atom. The lowest BCUT2D eigenvalue weighted by molar-refractivity contribution is -0.000586. The van der Waals surface area contributed by atoms with Gasteiger partial charge < -0.3 is 10.1 Å². The highest BCUT2D eigenvalue weighted by atomic mass is 16.5. The molecule has 3 aliphatic rings. The van der Waals surface area contributed by atoms with Gasteiger partial charge in [0.15, 0.2) is 0 Å². The molecule has 0 bridgehead atoms. The van der Waals surface area contributed by atoms with Crippen LogP contribution in [-0.2, 0) is 4.74 Å². The number of hydrogen-bond donors (Lipinski definition) is 1. The van der Waals surface area contributed by atoms with Gasteiger partial charge in [0.05, 0.1) is 12.2 Å². The number of nitrogens with one attached hydrogen (secondary N) is 1. The van der Waals surface area contributed by atoms with E-state index in [4.69, 9.17) is 4.74 Å². The summed E-state index contributed by atoms with van der Waals surface area (Å²) in [5.41, 5.74) is 0. The summed E-state index contributed by atoms with van der Waals surface area (Å²) < 4.78 is 6.08. The second kappa shape index (κ2) is 6.33. The molecule has 2 saturated heterocycles. The first-order chi connectivity index (χ1) is 9.67. The quantitative estimate of drug-likeness (QED) is 0.838. The zero-order valence-electron chi connectivity index (χ0n) is 13.5. The van der Waals surface area contributed by atoms with Crippen LogP contribution in [0.5, 0.6) is 0 Å². The number of ether oxygens (including phenoxy) is 1. The van der Waals surface area contributed by atoms with Gasteiger partial charge in [0.2, 0.25) is 0 Å². The lowest BCUT2D eigenvalue weighted by atomic mass is 9.93. The molecule has 3 nitrogen and oxygen atoms in total. The molecule has 20 heavy (non-hydrogen) atoms. The summed E-state index contributed by atoms with van der Waals surface area (Å²) in [6.07, 6.45) is 7.62. The molecule has 3 heteroatoms. The van der Waals surface area contributed by atoms with E-state index in [-0.39, 0.29) is 0 Å². The molecule has 116 valence electrons. The van der Waals surface area contributed by atoms with Crippen molar-refractivity contribution in [3.05, 3.63) is 0 Å². The molecular weight excluding hydrogens is 248 g/mol. The third-order valence-electron chi connectivity index (χ3n) is 5.74. The fraction of sp³-hybridized carbons (Fsp3) is 1.00. The third kappa shape index (κ3) is 3.37. The number of nitrogens with zero attached hydrogens (tertiary/aromatic N) is 1.